The molecule has 7 rings (SSSR count). The summed E-state index contributed by atoms with van der Waals surface area (Å²) in [6.45, 7) is 16.5. The number of rotatable bonds is 3. The van der Waals surface area contributed by atoms with Gasteiger partial charge in [-0.25, -0.2) is 14.8 Å². The van der Waals surface area contributed by atoms with Crippen LogP contribution in [-0.4, -0.2) is 95.0 Å². The maximum atomic E-state index is 11.8. The molecule has 1 aromatic carbocycles. The number of carbonyl (C=O) groups is 1. The lowest BCUT2D eigenvalue weighted by Gasteiger charge is -2.49. The Kier molecular flexibility index (Phi) is 5.83. The van der Waals surface area contributed by atoms with E-state index in [0.717, 1.165) is 67.6 Å². The minimum absolute atomic E-state index is 0.0566. The number of piperidine rings is 1. The summed E-state index contributed by atoms with van der Waals surface area (Å²) in [4.78, 5) is 33.8. The molecular formula is C28H34N10O2. The van der Waals surface area contributed by atoms with Crippen molar-refractivity contribution in [2.75, 3.05) is 60.6 Å². The fraction of sp³-hybridized carbons (Fsp3) is 0.536. The third-order valence-electron chi connectivity index (χ3n) is 9.43. The van der Waals surface area contributed by atoms with Crippen LogP contribution in [0.2, 0.25) is 0 Å². The second-order valence-corrected chi connectivity index (χ2v) is 11.6. The van der Waals surface area contributed by atoms with Gasteiger partial charge in [0.05, 0.1) is 42.9 Å². The maximum absolute atomic E-state index is 11.8. The molecular weight excluding hydrogens is 508 g/mol. The number of nitrogens with zero attached hydrogens (tertiary/aromatic N) is 8. The van der Waals surface area contributed by atoms with Gasteiger partial charge >= 0.3 is 0 Å². The van der Waals surface area contributed by atoms with E-state index in [2.05, 4.69) is 36.7 Å². The highest BCUT2D eigenvalue weighted by molar-refractivity contribution is 5.91. The van der Waals surface area contributed by atoms with E-state index in [1.54, 1.807) is 6.92 Å². The van der Waals surface area contributed by atoms with Gasteiger partial charge in [0.2, 0.25) is 5.91 Å². The second-order valence-electron chi connectivity index (χ2n) is 11.6. The molecule has 12 heteroatoms. The first kappa shape index (κ1) is 25.0. The van der Waals surface area contributed by atoms with Crippen LogP contribution in [0.5, 0.6) is 0 Å². The number of likely N-dealkylation sites (tertiary alicyclic amines) is 1. The number of aromatic nitrogens is 4. The second kappa shape index (κ2) is 9.31. The van der Waals surface area contributed by atoms with Gasteiger partial charge in [-0.2, -0.15) is 5.10 Å². The summed E-state index contributed by atoms with van der Waals surface area (Å²) in [5.41, 5.74) is 10.5. The monoisotopic (exact) mass is 542 g/mol. The number of carbonyl (C=O) groups excluding carboxylic acids is 1. The molecule has 0 bridgehead atoms. The summed E-state index contributed by atoms with van der Waals surface area (Å²) >= 11 is 0. The fourth-order valence-electron chi connectivity index (χ4n) is 6.77. The van der Waals surface area contributed by atoms with Crippen molar-refractivity contribution in [1.29, 1.82) is 0 Å². The van der Waals surface area contributed by atoms with E-state index in [9.17, 15) is 4.79 Å². The van der Waals surface area contributed by atoms with E-state index in [1.807, 2.05) is 29.3 Å². The first-order valence-electron chi connectivity index (χ1n) is 14.0. The summed E-state index contributed by atoms with van der Waals surface area (Å²) in [6, 6.07) is 6.08. The molecule has 2 aromatic heterocycles. The molecule has 1 amide bonds. The average molecular weight is 543 g/mol. The van der Waals surface area contributed by atoms with Crippen LogP contribution in [0.4, 0.5) is 28.7 Å². The summed E-state index contributed by atoms with van der Waals surface area (Å²) in [5, 5.41) is 7.77. The topological polar surface area (TPSA) is 124 Å². The Hall–Kier alpha value is -3.95. The zero-order chi connectivity index (χ0) is 27.6. The van der Waals surface area contributed by atoms with Gasteiger partial charge < -0.3 is 30.1 Å². The molecule has 3 N–H and O–H groups in total. The largest absolute Gasteiger partial charge is 0.376 e. The van der Waals surface area contributed by atoms with Gasteiger partial charge in [0.15, 0.2) is 22.7 Å². The van der Waals surface area contributed by atoms with E-state index in [0.29, 0.717) is 31.0 Å². The summed E-state index contributed by atoms with van der Waals surface area (Å²) in [7, 11) is 0. The number of amides is 1. The summed E-state index contributed by atoms with van der Waals surface area (Å²) in [5.74, 6) is 1.66. The molecule has 3 aromatic rings. The Labute approximate surface area is 232 Å². The number of H-pyrrole nitrogens is 1. The number of nitrogens with two attached hydrogens (primary N) is 1. The SMILES string of the molecule is [C-]#[N+]c1ccc2c(c1)N(C1CN(C(C)=O)C1)CCN2c1n[nH]c2nc(N3CCC4(CC3)CO[C@@H](C)[C@H]4N)cnc12. The van der Waals surface area contributed by atoms with E-state index in [4.69, 9.17) is 27.0 Å². The lowest BCUT2D eigenvalue weighted by atomic mass is 9.73. The van der Waals surface area contributed by atoms with Crippen molar-refractivity contribution in [3.05, 3.63) is 35.8 Å². The van der Waals surface area contributed by atoms with Crippen molar-refractivity contribution < 1.29 is 9.53 Å². The first-order chi connectivity index (χ1) is 19.4. The van der Waals surface area contributed by atoms with Gasteiger partial charge in [0, 0.05) is 57.6 Å². The molecule has 3 fully saturated rings. The number of benzene rings is 1. The van der Waals surface area contributed by atoms with Crippen LogP contribution in [0, 0.1) is 12.0 Å². The first-order valence-corrected chi connectivity index (χ1v) is 14.0. The molecule has 12 nitrogen and oxygen atoms in total. The molecule has 0 radical (unpaired) electrons. The molecule has 6 heterocycles. The number of aromatic amines is 1. The molecule has 40 heavy (non-hydrogen) atoms. The van der Waals surface area contributed by atoms with Gasteiger partial charge in [0.1, 0.15) is 5.82 Å². The Bertz CT molecular complexity index is 1500. The number of hydrogen-bond acceptors (Lipinski definition) is 9. The van der Waals surface area contributed by atoms with Crippen LogP contribution in [0.1, 0.15) is 26.7 Å². The highest BCUT2D eigenvalue weighted by Gasteiger charge is 2.47. The predicted octanol–water partition coefficient (Wildman–Crippen LogP) is 2.43. The Morgan fingerprint density at radius 3 is 2.70 bits per heavy atom. The van der Waals surface area contributed by atoms with Crippen molar-refractivity contribution in [3.8, 4) is 0 Å². The Morgan fingerprint density at radius 2 is 2.00 bits per heavy atom. The minimum Gasteiger partial charge on any atom is -0.376 e. The standard InChI is InChI=1S/C28H34N10O2/c1-17-25(29)28(16-40-17)6-8-35(9-7-28)23-13-31-24-26(32-23)33-34-27(24)38-11-10-37(20-14-36(15-20)18(2)39)22-12-19(30-3)4-5-21(22)38/h4-5,12-13,17,20,25H,6-11,14-16,29H2,1-2H3,(H,32,33,34)/t17-,25+/m0/s1. The molecule has 0 unspecified atom stereocenters. The molecule has 3 saturated heterocycles. The van der Waals surface area contributed by atoms with E-state index < -0.39 is 0 Å². The van der Waals surface area contributed by atoms with Crippen LogP contribution < -0.4 is 20.4 Å². The number of ether oxygens (including phenoxy) is 1. The van der Waals surface area contributed by atoms with E-state index >= 15 is 0 Å². The average Bonchev–Trinajstić information content (AvgIpc) is 3.48. The van der Waals surface area contributed by atoms with Crippen molar-refractivity contribution in [2.45, 2.75) is 44.9 Å². The predicted molar refractivity (Wildman–Crippen MR) is 152 cm³/mol. The lowest BCUT2D eigenvalue weighted by molar-refractivity contribution is -0.133. The zero-order valence-electron chi connectivity index (χ0n) is 22.9. The molecule has 0 aliphatic carbocycles. The zero-order valence-corrected chi connectivity index (χ0v) is 22.9. The van der Waals surface area contributed by atoms with Crippen molar-refractivity contribution in [2.24, 2.45) is 11.1 Å². The highest BCUT2D eigenvalue weighted by Crippen LogP contribution is 2.44. The molecule has 4 aliphatic rings. The highest BCUT2D eigenvalue weighted by atomic mass is 16.5. The van der Waals surface area contributed by atoms with Gasteiger partial charge in [0.25, 0.3) is 0 Å². The third kappa shape index (κ3) is 3.87. The van der Waals surface area contributed by atoms with Crippen LogP contribution in [0.15, 0.2) is 24.4 Å². The number of anilines is 4. The van der Waals surface area contributed by atoms with Crippen LogP contribution in [-0.2, 0) is 9.53 Å². The summed E-state index contributed by atoms with van der Waals surface area (Å²) in [6.07, 6.45) is 3.91. The number of nitrogens with one attached hydrogen (secondary N) is 1. The molecule has 0 saturated carbocycles. The smallest absolute Gasteiger partial charge is 0.219 e. The molecule has 2 atom stereocenters. The third-order valence-corrected chi connectivity index (χ3v) is 9.43. The summed E-state index contributed by atoms with van der Waals surface area (Å²) < 4.78 is 5.88. The van der Waals surface area contributed by atoms with E-state index in [1.165, 1.54) is 0 Å². The van der Waals surface area contributed by atoms with Crippen LogP contribution in [0.25, 0.3) is 16.0 Å². The Morgan fingerprint density at radius 1 is 1.20 bits per heavy atom. The quantitative estimate of drug-likeness (QED) is 0.480. The van der Waals surface area contributed by atoms with Crippen molar-refractivity contribution in [3.63, 3.8) is 0 Å². The van der Waals surface area contributed by atoms with Gasteiger partial charge in [-0.05, 0) is 31.9 Å². The number of fused-ring (bicyclic) bond motifs is 2. The molecule has 208 valence electrons. The van der Waals surface area contributed by atoms with E-state index in [-0.39, 0.29) is 29.5 Å². The number of hydrogen-bond donors (Lipinski definition) is 2. The molecule has 1 spiro atoms. The van der Waals surface area contributed by atoms with Crippen molar-refractivity contribution >= 4 is 45.8 Å². The minimum atomic E-state index is 0.0566. The van der Waals surface area contributed by atoms with Crippen LogP contribution in [0.3, 0.4) is 0 Å². The maximum Gasteiger partial charge on any atom is 0.219 e. The fourth-order valence-corrected chi connectivity index (χ4v) is 6.77. The van der Waals surface area contributed by atoms with Crippen molar-refractivity contribution in [1.82, 2.24) is 25.1 Å². The van der Waals surface area contributed by atoms with Gasteiger partial charge in [-0.3, -0.25) is 9.89 Å². The lowest BCUT2D eigenvalue weighted by Crippen LogP contribution is -2.62. The normalized spacial score (nSPS) is 24.4. The van der Waals surface area contributed by atoms with Gasteiger partial charge in [-0.15, -0.1) is 0 Å². The van der Waals surface area contributed by atoms with Crippen LogP contribution >= 0.6 is 0 Å². The molecule has 4 aliphatic heterocycles. The Balaban J connectivity index is 1.14. The van der Waals surface area contributed by atoms with Gasteiger partial charge in [-0.1, -0.05) is 6.07 Å².